The molecule has 12 nitrogen and oxygen atoms in total. The minimum absolute atomic E-state index is 0. The van der Waals surface area contributed by atoms with Gasteiger partial charge in [-0.05, 0) is 12.1 Å². The predicted octanol–water partition coefficient (Wildman–Crippen LogP) is -2.23. The van der Waals surface area contributed by atoms with Crippen LogP contribution in [0.3, 0.4) is 0 Å². The third kappa shape index (κ3) is 4.20. The van der Waals surface area contributed by atoms with Gasteiger partial charge in [-0.25, -0.2) is 0 Å². The van der Waals surface area contributed by atoms with Crippen molar-refractivity contribution < 1.29 is 44.4 Å². The third-order valence-corrected chi connectivity index (χ3v) is 5.20. The van der Waals surface area contributed by atoms with E-state index < -0.39 is 49.1 Å². The summed E-state index contributed by atoms with van der Waals surface area (Å²) in [6.07, 6.45) is -11.5. The minimum Gasteiger partial charge on any atom is -0.387 e. The van der Waals surface area contributed by atoms with Crippen molar-refractivity contribution in [3.8, 4) is 0 Å². The van der Waals surface area contributed by atoms with Crippen LogP contribution in [0, 0.1) is 10.1 Å². The van der Waals surface area contributed by atoms with Gasteiger partial charge >= 0.3 is 7.60 Å². The van der Waals surface area contributed by atoms with Gasteiger partial charge < -0.3 is 36.6 Å². The Morgan fingerprint density at radius 1 is 0.920 bits per heavy atom. The first-order valence-electron chi connectivity index (χ1n) is 6.73. The molecule has 0 amide bonds. The van der Waals surface area contributed by atoms with Crippen LogP contribution < -0.4 is 11.5 Å². The summed E-state index contributed by atoms with van der Waals surface area (Å²) in [6, 6.07) is 3.84. The van der Waals surface area contributed by atoms with E-state index in [9.17, 15) is 45.1 Å². The van der Waals surface area contributed by atoms with E-state index in [1.165, 1.54) is 0 Å². The number of non-ortho nitro benzene ring substituents is 1. The Hall–Kier alpha value is -1.47. The summed E-state index contributed by atoms with van der Waals surface area (Å²) in [5.41, 5.74) is -0.328. The fourth-order valence-corrected chi connectivity index (χ4v) is 3.54. The first-order valence-corrected chi connectivity index (χ1v) is 8.30. The molecule has 13 heteroatoms. The summed E-state index contributed by atoms with van der Waals surface area (Å²) in [6.45, 7) is 0. The van der Waals surface area contributed by atoms with E-state index in [-0.39, 0.29) is 17.1 Å². The number of nitro groups is 1. The van der Waals surface area contributed by atoms with Crippen LogP contribution in [0.2, 0.25) is 0 Å². The Morgan fingerprint density at radius 2 is 1.32 bits per heavy atom. The minimum atomic E-state index is -4.66. The van der Waals surface area contributed by atoms with E-state index in [1.807, 2.05) is 0 Å². The van der Waals surface area contributed by atoms with Crippen LogP contribution in [0.25, 0.3) is 0 Å². The Morgan fingerprint density at radius 3 is 1.72 bits per heavy atom. The molecule has 0 radical (unpaired) electrons. The van der Waals surface area contributed by atoms with Gasteiger partial charge in [-0.3, -0.25) is 19.2 Å². The number of hydrogen-bond donors (Lipinski definition) is 7. The quantitative estimate of drug-likeness (QED) is 0.167. The monoisotopic (exact) mass is 382 g/mol. The highest BCUT2D eigenvalue weighted by atomic mass is 31.2. The molecule has 0 saturated heterocycles. The van der Waals surface area contributed by atoms with Gasteiger partial charge in [0, 0.05) is 12.1 Å². The summed E-state index contributed by atoms with van der Waals surface area (Å²) in [7, 11) is -4.66. The molecule has 9 N–H and O–H groups in total. The van der Waals surface area contributed by atoms with E-state index >= 15 is 0 Å². The first-order chi connectivity index (χ1) is 11.1. The molecule has 7 atom stereocenters. The molecule has 2 rings (SSSR count). The highest BCUT2D eigenvalue weighted by Crippen LogP contribution is 2.45. The summed E-state index contributed by atoms with van der Waals surface area (Å²) in [4.78, 5) is 19.8. The lowest BCUT2D eigenvalue weighted by Gasteiger charge is -2.41. The summed E-state index contributed by atoms with van der Waals surface area (Å²) in [5, 5.41) is 58.4. The topological polar surface area (TPSA) is 226 Å². The van der Waals surface area contributed by atoms with E-state index in [1.54, 1.807) is 0 Å². The van der Waals surface area contributed by atoms with E-state index in [0.717, 1.165) is 24.3 Å². The van der Waals surface area contributed by atoms with Crippen molar-refractivity contribution in [1.82, 2.24) is 6.15 Å². The smallest absolute Gasteiger partial charge is 0.359 e. The van der Waals surface area contributed by atoms with Gasteiger partial charge in [0.2, 0.25) is 0 Å². The SMILES string of the molecule is N.O=[N+]([O-])c1ccc(P(=O)(O)OC2[C@H](O)[C@H](O)C(O)[C@H](O)[C@H]2O)cc1. The Bertz CT molecular complexity index is 640. The lowest BCUT2D eigenvalue weighted by atomic mass is 9.85. The van der Waals surface area contributed by atoms with Crippen molar-refractivity contribution in [1.29, 1.82) is 0 Å². The zero-order valence-electron chi connectivity index (χ0n) is 12.7. The van der Waals surface area contributed by atoms with Crippen molar-refractivity contribution >= 4 is 18.6 Å². The molecule has 1 aromatic carbocycles. The molecule has 1 aromatic rings. The van der Waals surface area contributed by atoms with Crippen molar-refractivity contribution in [3.63, 3.8) is 0 Å². The second-order valence-electron chi connectivity index (χ2n) is 5.32. The van der Waals surface area contributed by atoms with Gasteiger partial charge in [0.15, 0.2) is 0 Å². The van der Waals surface area contributed by atoms with E-state index in [0.29, 0.717) is 0 Å². The molecule has 0 spiro atoms. The van der Waals surface area contributed by atoms with Crippen LogP contribution in [0.1, 0.15) is 0 Å². The van der Waals surface area contributed by atoms with E-state index in [2.05, 4.69) is 0 Å². The van der Waals surface area contributed by atoms with Crippen LogP contribution in [0.5, 0.6) is 0 Å². The molecule has 0 aromatic heterocycles. The number of aliphatic hydroxyl groups excluding tert-OH is 5. The molecule has 1 aliphatic carbocycles. The van der Waals surface area contributed by atoms with Crippen molar-refractivity contribution in [2.24, 2.45) is 0 Å². The average Bonchev–Trinajstić information content (AvgIpc) is 2.55. The molecule has 0 aliphatic heterocycles. The highest BCUT2D eigenvalue weighted by molar-refractivity contribution is 7.61. The van der Waals surface area contributed by atoms with Crippen LogP contribution in [0.15, 0.2) is 24.3 Å². The molecule has 25 heavy (non-hydrogen) atoms. The zero-order chi connectivity index (χ0) is 18.2. The Balaban J connectivity index is 0.00000312. The van der Waals surface area contributed by atoms with Gasteiger partial charge in [-0.1, -0.05) is 0 Å². The predicted molar refractivity (Wildman–Crippen MR) is 82.5 cm³/mol. The standard InChI is InChI=1S/C12H16NO10P.H3N/c14-7-8(15)10(17)12(11(18)9(7)16)23-24(21,22)6-3-1-5(2-4-6)13(19)20;/h1-4,7-12,14-18H,(H,21,22);1H3/t7?,8-,9+,10-,11-,12?;/m1./s1. The van der Waals surface area contributed by atoms with Crippen molar-refractivity contribution in [3.05, 3.63) is 34.4 Å². The number of benzene rings is 1. The Kier molecular flexibility index (Phi) is 6.75. The lowest BCUT2D eigenvalue weighted by Crippen LogP contribution is -2.64. The van der Waals surface area contributed by atoms with Crippen LogP contribution in [-0.2, 0) is 9.09 Å². The number of rotatable bonds is 4. The molecular formula is C12H19N2O10P. The second kappa shape index (κ2) is 7.83. The molecule has 3 unspecified atom stereocenters. The van der Waals surface area contributed by atoms with Gasteiger partial charge in [-0.2, -0.15) is 0 Å². The molecular weight excluding hydrogens is 363 g/mol. The van der Waals surface area contributed by atoms with E-state index in [4.69, 9.17) is 4.52 Å². The zero-order valence-corrected chi connectivity index (χ0v) is 13.6. The average molecular weight is 382 g/mol. The Labute approximate surface area is 141 Å². The highest BCUT2D eigenvalue weighted by Gasteiger charge is 2.51. The largest absolute Gasteiger partial charge is 0.387 e. The fraction of sp³-hybridized carbons (Fsp3) is 0.500. The summed E-state index contributed by atoms with van der Waals surface area (Å²) >= 11 is 0. The first kappa shape index (κ1) is 21.6. The summed E-state index contributed by atoms with van der Waals surface area (Å²) < 4.78 is 17.1. The number of nitrogens with zero attached hydrogens (tertiary/aromatic N) is 1. The van der Waals surface area contributed by atoms with Gasteiger partial charge in [0.1, 0.15) is 36.6 Å². The van der Waals surface area contributed by atoms with Crippen LogP contribution in [-0.4, -0.2) is 72.0 Å². The normalized spacial score (nSPS) is 34.6. The molecule has 0 heterocycles. The molecule has 1 aliphatic rings. The van der Waals surface area contributed by atoms with Crippen molar-refractivity contribution in [2.75, 3.05) is 0 Å². The number of nitro benzene ring substituents is 1. The van der Waals surface area contributed by atoms with Crippen LogP contribution in [0.4, 0.5) is 5.69 Å². The second-order valence-corrected chi connectivity index (χ2v) is 7.08. The van der Waals surface area contributed by atoms with Gasteiger partial charge in [0.05, 0.1) is 10.2 Å². The molecule has 142 valence electrons. The van der Waals surface area contributed by atoms with Gasteiger partial charge in [-0.15, -0.1) is 0 Å². The molecule has 1 fully saturated rings. The van der Waals surface area contributed by atoms with Crippen molar-refractivity contribution in [2.45, 2.75) is 36.6 Å². The maximum atomic E-state index is 12.3. The van der Waals surface area contributed by atoms with Gasteiger partial charge in [0.25, 0.3) is 5.69 Å². The third-order valence-electron chi connectivity index (χ3n) is 3.72. The summed E-state index contributed by atoms with van der Waals surface area (Å²) in [5.74, 6) is 0. The maximum absolute atomic E-state index is 12.3. The number of aliphatic hydroxyl groups is 5. The fourth-order valence-electron chi connectivity index (χ4n) is 2.31. The number of hydrogen-bond acceptors (Lipinski definition) is 10. The lowest BCUT2D eigenvalue weighted by molar-refractivity contribution is -0.384. The molecule has 1 saturated carbocycles. The van der Waals surface area contributed by atoms with Crippen LogP contribution >= 0.6 is 7.60 Å². The molecule has 0 bridgehead atoms. The maximum Gasteiger partial charge on any atom is 0.359 e.